The molecule has 1 atom stereocenters. The molecule has 40 heavy (non-hydrogen) atoms. The Morgan fingerprint density at radius 2 is 0.775 bits per heavy atom. The molecule has 0 saturated heterocycles. The van der Waals surface area contributed by atoms with Gasteiger partial charge >= 0.3 is 11.9 Å². The maximum Gasteiger partial charge on any atom is 0.306 e. The predicted octanol–water partition coefficient (Wildman–Crippen LogP) is 10.4. The van der Waals surface area contributed by atoms with Crippen LogP contribution in [0.1, 0.15) is 194 Å². The summed E-state index contributed by atoms with van der Waals surface area (Å²) < 4.78 is 10.5. The van der Waals surface area contributed by atoms with Crippen molar-refractivity contribution in [3.63, 3.8) is 0 Å². The van der Waals surface area contributed by atoms with E-state index in [0.29, 0.717) is 12.8 Å². The van der Waals surface area contributed by atoms with Crippen LogP contribution in [0.15, 0.2) is 0 Å². The second kappa shape index (κ2) is 32.4. The van der Waals surface area contributed by atoms with E-state index in [0.717, 1.165) is 38.5 Å². The molecule has 0 aliphatic heterocycles. The van der Waals surface area contributed by atoms with Gasteiger partial charge in [-0.15, -0.1) is 0 Å². The van der Waals surface area contributed by atoms with E-state index in [4.69, 9.17) is 9.47 Å². The first-order valence-electron chi connectivity index (χ1n) is 17.6. The highest BCUT2D eigenvalue weighted by Gasteiger charge is 2.16. The summed E-state index contributed by atoms with van der Waals surface area (Å²) in [6.45, 7) is 4.12. The van der Waals surface area contributed by atoms with Gasteiger partial charge in [-0.25, -0.2) is 0 Å². The van der Waals surface area contributed by atoms with E-state index in [1.165, 1.54) is 128 Å². The normalized spacial score (nSPS) is 12.0. The van der Waals surface area contributed by atoms with Crippen molar-refractivity contribution in [3.05, 3.63) is 0 Å². The summed E-state index contributed by atoms with van der Waals surface area (Å²) in [5.41, 5.74) is 0. The van der Waals surface area contributed by atoms with Gasteiger partial charge in [-0.2, -0.15) is 0 Å². The van der Waals surface area contributed by atoms with E-state index in [2.05, 4.69) is 13.8 Å². The number of aliphatic hydroxyl groups excluding tert-OH is 1. The van der Waals surface area contributed by atoms with Gasteiger partial charge in [0.25, 0.3) is 0 Å². The van der Waals surface area contributed by atoms with Crippen molar-refractivity contribution < 1.29 is 24.2 Å². The maximum atomic E-state index is 12.1. The Hall–Kier alpha value is -1.10. The van der Waals surface area contributed by atoms with Crippen LogP contribution in [0, 0.1) is 0 Å². The zero-order valence-electron chi connectivity index (χ0n) is 26.9. The Morgan fingerprint density at radius 3 is 1.10 bits per heavy atom. The van der Waals surface area contributed by atoms with Crippen molar-refractivity contribution in [3.8, 4) is 0 Å². The van der Waals surface area contributed by atoms with Crippen LogP contribution in [0.5, 0.6) is 0 Å². The quantitative estimate of drug-likeness (QED) is 0.0645. The third-order valence-electron chi connectivity index (χ3n) is 7.90. The molecule has 0 aliphatic carbocycles. The van der Waals surface area contributed by atoms with Crippen LogP contribution in [-0.4, -0.2) is 36.4 Å². The first kappa shape index (κ1) is 38.9. The molecule has 0 aromatic heterocycles. The summed E-state index contributed by atoms with van der Waals surface area (Å²) in [6.07, 6.45) is 33.1. The minimum absolute atomic E-state index is 0.0583. The molecule has 0 aromatic carbocycles. The lowest BCUT2D eigenvalue weighted by Crippen LogP contribution is -2.28. The Labute approximate surface area is 248 Å². The van der Waals surface area contributed by atoms with E-state index in [-0.39, 0.29) is 25.2 Å². The Bertz CT molecular complexity index is 536. The maximum absolute atomic E-state index is 12.1. The summed E-state index contributed by atoms with van der Waals surface area (Å²) in [5.74, 6) is -0.585. The van der Waals surface area contributed by atoms with Gasteiger partial charge in [-0.3, -0.25) is 9.59 Å². The highest BCUT2D eigenvalue weighted by molar-refractivity contribution is 5.70. The standard InChI is InChI=1S/C35H68O5/c1-3-5-7-9-11-13-14-15-16-17-18-19-20-21-22-24-26-28-30-35(38)40-33(31-36)32-39-34(37)29-27-25-23-12-10-8-6-4-2/h33,36H,3-32H2,1-2H3. The lowest BCUT2D eigenvalue weighted by Gasteiger charge is -2.15. The van der Waals surface area contributed by atoms with Crippen molar-refractivity contribution in [2.45, 2.75) is 200 Å². The fourth-order valence-corrected chi connectivity index (χ4v) is 5.20. The van der Waals surface area contributed by atoms with E-state index in [1.807, 2.05) is 0 Å². The summed E-state index contributed by atoms with van der Waals surface area (Å²) in [4.78, 5) is 24.0. The van der Waals surface area contributed by atoms with Crippen LogP contribution in [0.3, 0.4) is 0 Å². The smallest absolute Gasteiger partial charge is 0.306 e. The average molecular weight is 569 g/mol. The van der Waals surface area contributed by atoms with Crippen molar-refractivity contribution in [1.29, 1.82) is 0 Å². The van der Waals surface area contributed by atoms with Gasteiger partial charge in [-0.05, 0) is 12.8 Å². The lowest BCUT2D eigenvalue weighted by molar-refractivity contribution is -0.161. The molecule has 0 rings (SSSR count). The number of esters is 2. The number of hydrogen-bond donors (Lipinski definition) is 1. The van der Waals surface area contributed by atoms with Crippen molar-refractivity contribution in [1.82, 2.24) is 0 Å². The molecular weight excluding hydrogens is 500 g/mol. The zero-order chi connectivity index (χ0) is 29.4. The second-order valence-electron chi connectivity index (χ2n) is 12.0. The molecule has 0 bridgehead atoms. The van der Waals surface area contributed by atoms with E-state index < -0.39 is 6.10 Å². The van der Waals surface area contributed by atoms with Gasteiger partial charge in [0.1, 0.15) is 6.61 Å². The minimum atomic E-state index is -0.759. The van der Waals surface area contributed by atoms with Crippen LogP contribution in [0.4, 0.5) is 0 Å². The number of carbonyl (C=O) groups excluding carboxylic acids is 2. The summed E-state index contributed by atoms with van der Waals surface area (Å²) in [5, 5.41) is 9.48. The van der Waals surface area contributed by atoms with Crippen LogP contribution in [0.25, 0.3) is 0 Å². The number of rotatable bonds is 32. The van der Waals surface area contributed by atoms with Crippen molar-refractivity contribution in [2.75, 3.05) is 13.2 Å². The van der Waals surface area contributed by atoms with Crippen LogP contribution >= 0.6 is 0 Å². The molecule has 1 N–H and O–H groups in total. The van der Waals surface area contributed by atoms with Crippen molar-refractivity contribution >= 4 is 11.9 Å². The molecule has 0 saturated carbocycles. The molecule has 0 radical (unpaired) electrons. The Morgan fingerprint density at radius 1 is 0.475 bits per heavy atom. The summed E-state index contributed by atoms with van der Waals surface area (Å²) in [7, 11) is 0. The summed E-state index contributed by atoms with van der Waals surface area (Å²) >= 11 is 0. The highest BCUT2D eigenvalue weighted by atomic mass is 16.6. The molecule has 0 amide bonds. The van der Waals surface area contributed by atoms with E-state index >= 15 is 0 Å². The van der Waals surface area contributed by atoms with Crippen molar-refractivity contribution in [2.24, 2.45) is 0 Å². The van der Waals surface area contributed by atoms with Gasteiger partial charge in [0.15, 0.2) is 6.10 Å². The lowest BCUT2D eigenvalue weighted by atomic mass is 10.0. The number of unbranched alkanes of at least 4 members (excludes halogenated alkanes) is 24. The summed E-state index contributed by atoms with van der Waals surface area (Å²) in [6, 6.07) is 0. The number of aliphatic hydroxyl groups is 1. The third kappa shape index (κ3) is 29.9. The van der Waals surface area contributed by atoms with Gasteiger partial charge in [-0.1, -0.05) is 168 Å². The molecule has 5 nitrogen and oxygen atoms in total. The first-order chi connectivity index (χ1) is 19.6. The molecule has 0 spiro atoms. The molecule has 1 unspecified atom stereocenters. The Kier molecular flexibility index (Phi) is 31.5. The molecule has 0 aromatic rings. The molecule has 0 fully saturated rings. The van der Waals surface area contributed by atoms with Gasteiger partial charge < -0.3 is 14.6 Å². The van der Waals surface area contributed by atoms with Gasteiger partial charge in [0, 0.05) is 12.8 Å². The van der Waals surface area contributed by atoms with Gasteiger partial charge in [0.05, 0.1) is 6.61 Å². The van der Waals surface area contributed by atoms with E-state index in [1.54, 1.807) is 0 Å². The third-order valence-corrected chi connectivity index (χ3v) is 7.90. The monoisotopic (exact) mass is 569 g/mol. The molecule has 5 heteroatoms. The fraction of sp³-hybridized carbons (Fsp3) is 0.943. The molecule has 0 aliphatic rings. The van der Waals surface area contributed by atoms with Crippen LogP contribution < -0.4 is 0 Å². The second-order valence-corrected chi connectivity index (χ2v) is 12.0. The first-order valence-corrected chi connectivity index (χ1v) is 17.6. The molecular formula is C35H68O5. The highest BCUT2D eigenvalue weighted by Crippen LogP contribution is 2.15. The topological polar surface area (TPSA) is 72.8 Å². The zero-order valence-corrected chi connectivity index (χ0v) is 26.9. The molecule has 238 valence electrons. The van der Waals surface area contributed by atoms with Crippen LogP contribution in [0.2, 0.25) is 0 Å². The molecule has 0 heterocycles. The van der Waals surface area contributed by atoms with Crippen LogP contribution in [-0.2, 0) is 19.1 Å². The minimum Gasteiger partial charge on any atom is -0.462 e. The average Bonchev–Trinajstić information content (AvgIpc) is 2.96. The largest absolute Gasteiger partial charge is 0.462 e. The van der Waals surface area contributed by atoms with Gasteiger partial charge in [0.2, 0.25) is 0 Å². The van der Waals surface area contributed by atoms with E-state index in [9.17, 15) is 14.7 Å². The predicted molar refractivity (Wildman–Crippen MR) is 169 cm³/mol. The number of ether oxygens (including phenoxy) is 2. The Balaban J connectivity index is 3.48. The number of hydrogen-bond acceptors (Lipinski definition) is 5. The fourth-order valence-electron chi connectivity index (χ4n) is 5.20. The number of carbonyl (C=O) groups is 2. The SMILES string of the molecule is CCCCCCCCCCCCCCCCCCCCC(=O)OC(CO)COC(=O)CCCCCCCCCC.